The molecule has 0 saturated heterocycles. The Hall–Kier alpha value is -3.49. The number of imidazole rings is 1. The van der Waals surface area contributed by atoms with E-state index in [2.05, 4.69) is 15.3 Å². The van der Waals surface area contributed by atoms with Crippen LogP contribution in [0.4, 0.5) is 24.5 Å². The number of anilines is 2. The van der Waals surface area contributed by atoms with Crippen molar-refractivity contribution in [3.8, 4) is 17.1 Å². The summed E-state index contributed by atoms with van der Waals surface area (Å²) in [6.45, 7) is 3.53. The van der Waals surface area contributed by atoms with Crippen LogP contribution in [0, 0.1) is 13.8 Å². The highest BCUT2D eigenvalue weighted by Gasteiger charge is 2.32. The summed E-state index contributed by atoms with van der Waals surface area (Å²) in [7, 11) is 1.51. The monoisotopic (exact) mass is 402 g/mol. The number of pyridine rings is 1. The molecule has 0 fully saturated rings. The molecule has 29 heavy (non-hydrogen) atoms. The number of benzene rings is 1. The molecule has 0 radical (unpaired) electrons. The van der Waals surface area contributed by atoms with Crippen LogP contribution in [0.25, 0.3) is 17.0 Å². The number of fused-ring (bicyclic) bond motifs is 1. The molecule has 0 atom stereocenters. The lowest BCUT2D eigenvalue weighted by molar-refractivity contribution is -0.137. The van der Waals surface area contributed by atoms with Gasteiger partial charge in [0.2, 0.25) is 0 Å². The Balaban J connectivity index is 1.78. The summed E-state index contributed by atoms with van der Waals surface area (Å²) < 4.78 is 52.2. The van der Waals surface area contributed by atoms with Crippen LogP contribution in [0.5, 0.6) is 5.75 Å². The molecular formula is C20H17F3N4O2. The van der Waals surface area contributed by atoms with Crippen molar-refractivity contribution >= 4 is 17.0 Å². The van der Waals surface area contributed by atoms with E-state index in [1.54, 1.807) is 31.3 Å². The maximum Gasteiger partial charge on any atom is 0.417 e. The second-order valence-corrected chi connectivity index (χ2v) is 6.56. The summed E-state index contributed by atoms with van der Waals surface area (Å²) in [6, 6.07) is 6.22. The van der Waals surface area contributed by atoms with Gasteiger partial charge in [-0.15, -0.1) is 0 Å². The van der Waals surface area contributed by atoms with Gasteiger partial charge in [-0.25, -0.2) is 9.97 Å². The van der Waals surface area contributed by atoms with Crippen molar-refractivity contribution in [2.75, 3.05) is 12.4 Å². The highest BCUT2D eigenvalue weighted by molar-refractivity contribution is 5.78. The average molecular weight is 402 g/mol. The van der Waals surface area contributed by atoms with Gasteiger partial charge in [0.1, 0.15) is 5.75 Å². The maximum absolute atomic E-state index is 13.3. The number of oxazole rings is 1. The summed E-state index contributed by atoms with van der Waals surface area (Å²) in [5.41, 5.74) is 2.41. The molecule has 9 heteroatoms. The quantitative estimate of drug-likeness (QED) is 0.497. The van der Waals surface area contributed by atoms with Crippen LogP contribution in [-0.2, 0) is 6.18 Å². The number of methoxy groups -OCH3 is 1. The molecule has 0 saturated carbocycles. The Kier molecular flexibility index (Phi) is 4.45. The largest absolute Gasteiger partial charge is 0.496 e. The van der Waals surface area contributed by atoms with Crippen molar-refractivity contribution in [1.82, 2.24) is 14.4 Å². The van der Waals surface area contributed by atoms with E-state index in [0.717, 1.165) is 12.3 Å². The minimum absolute atomic E-state index is 0.235. The van der Waals surface area contributed by atoms with E-state index >= 15 is 0 Å². The maximum atomic E-state index is 13.3. The molecule has 0 amide bonds. The second-order valence-electron chi connectivity index (χ2n) is 6.56. The molecule has 4 rings (SSSR count). The molecule has 0 aliphatic heterocycles. The van der Waals surface area contributed by atoms with Gasteiger partial charge in [-0.05, 0) is 32.0 Å². The molecule has 0 bridgehead atoms. The molecule has 1 N–H and O–H groups in total. The van der Waals surface area contributed by atoms with Gasteiger partial charge in [0.25, 0.3) is 0 Å². The topological polar surface area (TPSA) is 64.6 Å². The number of alkyl halides is 3. The minimum atomic E-state index is -4.48. The third-order valence-electron chi connectivity index (χ3n) is 4.47. The Bertz CT molecular complexity index is 1190. The number of aryl methyl sites for hydroxylation is 2. The van der Waals surface area contributed by atoms with Gasteiger partial charge in [0.15, 0.2) is 17.8 Å². The third-order valence-corrected chi connectivity index (χ3v) is 4.47. The number of rotatable bonds is 4. The molecule has 0 aliphatic rings. The first-order valence-corrected chi connectivity index (χ1v) is 8.68. The summed E-state index contributed by atoms with van der Waals surface area (Å²) in [4.78, 5) is 8.40. The summed E-state index contributed by atoms with van der Waals surface area (Å²) in [6.07, 6.45) is -0.562. The molecule has 3 heterocycles. The van der Waals surface area contributed by atoms with Crippen LogP contribution < -0.4 is 10.1 Å². The minimum Gasteiger partial charge on any atom is -0.496 e. The van der Waals surface area contributed by atoms with Crippen molar-refractivity contribution in [3.05, 3.63) is 60.0 Å². The van der Waals surface area contributed by atoms with Crippen molar-refractivity contribution in [2.24, 2.45) is 0 Å². The Labute approximate surface area is 164 Å². The normalized spacial score (nSPS) is 11.8. The first-order chi connectivity index (χ1) is 13.8. The zero-order chi connectivity index (χ0) is 20.8. The highest BCUT2D eigenvalue weighted by atomic mass is 19.4. The predicted octanol–water partition coefficient (Wildman–Crippen LogP) is 5.38. The summed E-state index contributed by atoms with van der Waals surface area (Å²) in [5, 5.41) is 3.03. The third kappa shape index (κ3) is 3.51. The van der Waals surface area contributed by atoms with E-state index < -0.39 is 11.7 Å². The van der Waals surface area contributed by atoms with Gasteiger partial charge >= 0.3 is 6.18 Å². The number of ether oxygens (including phenoxy) is 1. The first kappa shape index (κ1) is 18.9. The average Bonchev–Trinajstić information content (AvgIpc) is 3.25. The predicted molar refractivity (Wildman–Crippen MR) is 101 cm³/mol. The van der Waals surface area contributed by atoms with Crippen molar-refractivity contribution in [1.29, 1.82) is 0 Å². The van der Waals surface area contributed by atoms with Crippen molar-refractivity contribution < 1.29 is 22.3 Å². The molecule has 0 aliphatic carbocycles. The number of hydrogen-bond acceptors (Lipinski definition) is 5. The number of hydrogen-bond donors (Lipinski definition) is 1. The van der Waals surface area contributed by atoms with E-state index in [4.69, 9.17) is 9.15 Å². The lowest BCUT2D eigenvalue weighted by Gasteiger charge is -2.14. The van der Waals surface area contributed by atoms with Gasteiger partial charge in [-0.1, -0.05) is 0 Å². The van der Waals surface area contributed by atoms with Crippen LogP contribution in [-0.4, -0.2) is 21.5 Å². The molecule has 0 spiro atoms. The van der Waals surface area contributed by atoms with Crippen LogP contribution >= 0.6 is 0 Å². The lowest BCUT2D eigenvalue weighted by Crippen LogP contribution is -2.08. The molecule has 150 valence electrons. The van der Waals surface area contributed by atoms with E-state index in [1.165, 1.54) is 17.9 Å². The zero-order valence-electron chi connectivity index (χ0n) is 15.8. The van der Waals surface area contributed by atoms with E-state index in [0.29, 0.717) is 39.8 Å². The number of nitrogens with zero attached hydrogens (tertiary/aromatic N) is 3. The molecule has 3 aromatic heterocycles. The fraction of sp³-hybridized carbons (Fsp3) is 0.200. The van der Waals surface area contributed by atoms with E-state index in [-0.39, 0.29) is 5.69 Å². The Morgan fingerprint density at radius 3 is 2.59 bits per heavy atom. The number of halogens is 3. The van der Waals surface area contributed by atoms with Gasteiger partial charge in [-0.3, -0.25) is 0 Å². The SMILES string of the molecule is COc1cc(Nc2cc(C(F)(F)F)cn3cc(C)nc23)ccc1-c1ocnc1C. The highest BCUT2D eigenvalue weighted by Crippen LogP contribution is 2.37. The standard InChI is InChI=1S/C20H17F3N4O2/c1-11-8-27-9-13(20(21,22)23)6-16(19(27)25-11)26-14-4-5-15(17(7-14)28-3)18-12(2)24-10-29-18/h4-10,26H,1-3H3. The van der Waals surface area contributed by atoms with E-state index in [1.807, 2.05) is 6.92 Å². The lowest BCUT2D eigenvalue weighted by atomic mass is 10.1. The molecule has 1 aromatic carbocycles. The van der Waals surface area contributed by atoms with Gasteiger partial charge < -0.3 is 18.9 Å². The molecule has 6 nitrogen and oxygen atoms in total. The molecule has 4 aromatic rings. The fourth-order valence-electron chi connectivity index (χ4n) is 3.14. The fourth-order valence-corrected chi connectivity index (χ4v) is 3.14. The Morgan fingerprint density at radius 1 is 1.14 bits per heavy atom. The van der Waals surface area contributed by atoms with Crippen molar-refractivity contribution in [2.45, 2.75) is 20.0 Å². The van der Waals surface area contributed by atoms with Crippen molar-refractivity contribution in [3.63, 3.8) is 0 Å². The first-order valence-electron chi connectivity index (χ1n) is 8.68. The number of aromatic nitrogens is 3. The zero-order valence-corrected chi connectivity index (χ0v) is 15.8. The smallest absolute Gasteiger partial charge is 0.417 e. The van der Waals surface area contributed by atoms with E-state index in [9.17, 15) is 13.2 Å². The molecular weight excluding hydrogens is 385 g/mol. The summed E-state index contributed by atoms with van der Waals surface area (Å²) >= 11 is 0. The molecule has 0 unspecified atom stereocenters. The van der Waals surface area contributed by atoms with Gasteiger partial charge in [0.05, 0.1) is 35.3 Å². The van der Waals surface area contributed by atoms with Crippen LogP contribution in [0.15, 0.2) is 47.5 Å². The van der Waals surface area contributed by atoms with Gasteiger partial charge in [-0.2, -0.15) is 13.2 Å². The van der Waals surface area contributed by atoms with Crippen LogP contribution in [0.1, 0.15) is 17.0 Å². The van der Waals surface area contributed by atoms with Crippen LogP contribution in [0.3, 0.4) is 0 Å². The van der Waals surface area contributed by atoms with Gasteiger partial charge in [0, 0.05) is 24.1 Å². The summed E-state index contributed by atoms with van der Waals surface area (Å²) in [5.74, 6) is 1.07. The second kappa shape index (κ2) is 6.84. The number of nitrogens with one attached hydrogen (secondary N) is 1. The Morgan fingerprint density at radius 2 is 1.93 bits per heavy atom. The van der Waals surface area contributed by atoms with Crippen LogP contribution in [0.2, 0.25) is 0 Å².